The molecule has 1 aliphatic heterocycles. The molecule has 2 aromatic carbocycles. The standard InChI is InChI=1S/C21H22FN3O4S/c1-2-11-23-30(28,29)14-15-7-9-17(10-8-15)24-21(27)16-12-20(26)25(13-16)19-6-4-3-5-18(19)22/h2-10,16,23H,1,11-14H2,(H,24,27). The van der Waals surface area contributed by atoms with Gasteiger partial charge in [0.25, 0.3) is 0 Å². The van der Waals surface area contributed by atoms with Crippen LogP contribution in [0.5, 0.6) is 0 Å². The highest BCUT2D eigenvalue weighted by atomic mass is 32.2. The number of benzene rings is 2. The number of anilines is 2. The van der Waals surface area contributed by atoms with Gasteiger partial charge < -0.3 is 10.2 Å². The molecule has 2 amide bonds. The highest BCUT2D eigenvalue weighted by Gasteiger charge is 2.36. The van der Waals surface area contributed by atoms with E-state index in [1.807, 2.05) is 0 Å². The molecular weight excluding hydrogens is 409 g/mol. The fraction of sp³-hybridized carbons (Fsp3) is 0.238. The number of nitrogens with zero attached hydrogens (tertiary/aromatic N) is 1. The molecule has 1 fully saturated rings. The molecule has 1 unspecified atom stereocenters. The van der Waals surface area contributed by atoms with Gasteiger partial charge in [-0.3, -0.25) is 9.59 Å². The Balaban J connectivity index is 1.60. The maximum atomic E-state index is 14.0. The second-order valence-corrected chi connectivity index (χ2v) is 8.75. The molecule has 158 valence electrons. The Kier molecular flexibility index (Phi) is 6.63. The van der Waals surface area contributed by atoms with Gasteiger partial charge in [-0.25, -0.2) is 17.5 Å². The molecule has 30 heavy (non-hydrogen) atoms. The molecular formula is C21H22FN3O4S. The topological polar surface area (TPSA) is 95.6 Å². The van der Waals surface area contributed by atoms with Crippen molar-refractivity contribution in [2.75, 3.05) is 23.3 Å². The van der Waals surface area contributed by atoms with Gasteiger partial charge >= 0.3 is 0 Å². The van der Waals surface area contributed by atoms with E-state index in [1.165, 1.54) is 29.2 Å². The van der Waals surface area contributed by atoms with E-state index in [9.17, 15) is 22.4 Å². The van der Waals surface area contributed by atoms with Gasteiger partial charge in [0.2, 0.25) is 21.8 Å². The summed E-state index contributed by atoms with van der Waals surface area (Å²) < 4.78 is 40.2. The van der Waals surface area contributed by atoms with E-state index in [1.54, 1.807) is 30.3 Å². The Bertz CT molecular complexity index is 1050. The van der Waals surface area contributed by atoms with Gasteiger partial charge in [0.1, 0.15) is 5.82 Å². The molecule has 0 aliphatic carbocycles. The zero-order chi connectivity index (χ0) is 21.7. The zero-order valence-electron chi connectivity index (χ0n) is 16.2. The molecule has 9 heteroatoms. The first kappa shape index (κ1) is 21.7. The van der Waals surface area contributed by atoms with Crippen molar-refractivity contribution in [1.29, 1.82) is 0 Å². The zero-order valence-corrected chi connectivity index (χ0v) is 17.0. The van der Waals surface area contributed by atoms with Crippen LogP contribution in [0.15, 0.2) is 61.2 Å². The predicted octanol–water partition coefficient (Wildman–Crippen LogP) is 2.42. The van der Waals surface area contributed by atoms with Crippen molar-refractivity contribution in [3.8, 4) is 0 Å². The van der Waals surface area contributed by atoms with Gasteiger partial charge in [-0.1, -0.05) is 30.3 Å². The van der Waals surface area contributed by atoms with Crippen molar-refractivity contribution in [1.82, 2.24) is 4.72 Å². The van der Waals surface area contributed by atoms with Gasteiger partial charge in [0, 0.05) is 25.2 Å². The average Bonchev–Trinajstić information content (AvgIpc) is 3.10. The number of hydrogen-bond acceptors (Lipinski definition) is 4. The second kappa shape index (κ2) is 9.19. The third-order valence-electron chi connectivity index (χ3n) is 4.66. The van der Waals surface area contributed by atoms with Crippen LogP contribution in [0.1, 0.15) is 12.0 Å². The van der Waals surface area contributed by atoms with E-state index in [0.29, 0.717) is 11.3 Å². The molecule has 7 nitrogen and oxygen atoms in total. The molecule has 0 saturated carbocycles. The van der Waals surface area contributed by atoms with Crippen molar-refractivity contribution < 1.29 is 22.4 Å². The first-order valence-corrected chi connectivity index (χ1v) is 11.0. The number of sulfonamides is 1. The predicted molar refractivity (Wildman–Crippen MR) is 113 cm³/mol. The average molecular weight is 431 g/mol. The Morgan fingerprint density at radius 2 is 1.90 bits per heavy atom. The number of hydrogen-bond donors (Lipinski definition) is 2. The van der Waals surface area contributed by atoms with Gasteiger partial charge in [-0.15, -0.1) is 6.58 Å². The van der Waals surface area contributed by atoms with E-state index in [0.717, 1.165) is 0 Å². The first-order chi connectivity index (χ1) is 14.3. The van der Waals surface area contributed by atoms with Crippen LogP contribution in [-0.2, 0) is 25.4 Å². The van der Waals surface area contributed by atoms with Crippen LogP contribution in [0.25, 0.3) is 0 Å². The van der Waals surface area contributed by atoms with E-state index < -0.39 is 21.8 Å². The Morgan fingerprint density at radius 3 is 2.57 bits per heavy atom. The number of carbonyl (C=O) groups excluding carboxylic acids is 2. The monoisotopic (exact) mass is 431 g/mol. The molecule has 2 aromatic rings. The van der Waals surface area contributed by atoms with Crippen LogP contribution < -0.4 is 14.9 Å². The number of para-hydroxylation sites is 1. The molecule has 0 spiro atoms. The molecule has 1 aliphatic rings. The first-order valence-electron chi connectivity index (χ1n) is 9.32. The van der Waals surface area contributed by atoms with E-state index in [4.69, 9.17) is 0 Å². The number of carbonyl (C=O) groups is 2. The molecule has 1 atom stereocenters. The van der Waals surface area contributed by atoms with Crippen molar-refractivity contribution in [3.05, 3.63) is 72.6 Å². The van der Waals surface area contributed by atoms with Gasteiger partial charge in [0.15, 0.2) is 0 Å². The third kappa shape index (κ3) is 5.31. The lowest BCUT2D eigenvalue weighted by Crippen LogP contribution is -2.28. The fourth-order valence-electron chi connectivity index (χ4n) is 3.17. The third-order valence-corrected chi connectivity index (χ3v) is 5.98. The Hall–Kier alpha value is -3.04. The van der Waals surface area contributed by atoms with Crippen LogP contribution >= 0.6 is 0 Å². The summed E-state index contributed by atoms with van der Waals surface area (Å²) in [6.07, 6.45) is 1.45. The second-order valence-electron chi connectivity index (χ2n) is 6.94. The van der Waals surface area contributed by atoms with E-state index in [2.05, 4.69) is 16.6 Å². The lowest BCUT2D eigenvalue weighted by atomic mass is 10.1. The minimum atomic E-state index is -3.47. The lowest BCUT2D eigenvalue weighted by molar-refractivity contribution is -0.122. The van der Waals surface area contributed by atoms with Crippen molar-refractivity contribution in [2.24, 2.45) is 5.92 Å². The summed E-state index contributed by atoms with van der Waals surface area (Å²) in [6.45, 7) is 3.71. The lowest BCUT2D eigenvalue weighted by Gasteiger charge is -2.17. The van der Waals surface area contributed by atoms with Crippen LogP contribution in [0.2, 0.25) is 0 Å². The highest BCUT2D eigenvalue weighted by Crippen LogP contribution is 2.28. The Labute approximate surface area is 174 Å². The molecule has 0 radical (unpaired) electrons. The van der Waals surface area contributed by atoms with Crippen molar-refractivity contribution in [3.63, 3.8) is 0 Å². The summed E-state index contributed by atoms with van der Waals surface area (Å²) in [5.41, 5.74) is 1.21. The Morgan fingerprint density at radius 1 is 1.20 bits per heavy atom. The fourth-order valence-corrected chi connectivity index (χ4v) is 4.28. The smallest absolute Gasteiger partial charge is 0.229 e. The van der Waals surface area contributed by atoms with Crippen molar-refractivity contribution >= 4 is 33.2 Å². The summed E-state index contributed by atoms with van der Waals surface area (Å²) >= 11 is 0. The van der Waals surface area contributed by atoms with Crippen LogP contribution in [0.4, 0.5) is 15.8 Å². The number of amides is 2. The summed E-state index contributed by atoms with van der Waals surface area (Å²) in [6, 6.07) is 12.3. The van der Waals surface area contributed by atoms with E-state index >= 15 is 0 Å². The van der Waals surface area contributed by atoms with Crippen LogP contribution in [0.3, 0.4) is 0 Å². The molecule has 2 N–H and O–H groups in total. The SMILES string of the molecule is C=CCNS(=O)(=O)Cc1ccc(NC(=O)C2CC(=O)N(c3ccccc3F)C2)cc1. The maximum absolute atomic E-state index is 14.0. The van der Waals surface area contributed by atoms with Gasteiger partial charge in [0.05, 0.1) is 17.4 Å². The molecule has 0 aromatic heterocycles. The van der Waals surface area contributed by atoms with Gasteiger partial charge in [-0.05, 0) is 29.8 Å². The molecule has 1 saturated heterocycles. The van der Waals surface area contributed by atoms with Crippen LogP contribution in [-0.4, -0.2) is 33.3 Å². The summed E-state index contributed by atoms with van der Waals surface area (Å²) in [5.74, 6) is -1.98. The molecule has 1 heterocycles. The number of nitrogens with one attached hydrogen (secondary N) is 2. The molecule has 0 bridgehead atoms. The minimum Gasteiger partial charge on any atom is -0.326 e. The minimum absolute atomic E-state index is 0.00846. The number of halogens is 1. The highest BCUT2D eigenvalue weighted by molar-refractivity contribution is 7.88. The van der Waals surface area contributed by atoms with E-state index in [-0.39, 0.29) is 42.8 Å². The van der Waals surface area contributed by atoms with Crippen LogP contribution in [0, 0.1) is 11.7 Å². The van der Waals surface area contributed by atoms with Crippen molar-refractivity contribution in [2.45, 2.75) is 12.2 Å². The quantitative estimate of drug-likeness (QED) is 0.628. The normalized spacial score (nSPS) is 16.5. The largest absolute Gasteiger partial charge is 0.326 e. The summed E-state index contributed by atoms with van der Waals surface area (Å²) in [5, 5.41) is 2.73. The molecule has 3 rings (SSSR count). The summed E-state index contributed by atoms with van der Waals surface area (Å²) in [7, 11) is -3.47. The van der Waals surface area contributed by atoms with Gasteiger partial charge in [-0.2, -0.15) is 0 Å². The summed E-state index contributed by atoms with van der Waals surface area (Å²) in [4.78, 5) is 26.1. The maximum Gasteiger partial charge on any atom is 0.229 e. The number of rotatable bonds is 8.